The minimum atomic E-state index is -0.911. The summed E-state index contributed by atoms with van der Waals surface area (Å²) in [5.74, 6) is 0. The normalized spacial score (nSPS) is 31.8. The van der Waals surface area contributed by atoms with E-state index in [9.17, 15) is 14.7 Å². The number of H-pyrrole nitrogens is 1. The minimum Gasteiger partial charge on any atom is -0.390 e. The van der Waals surface area contributed by atoms with Gasteiger partial charge in [-0.3, -0.25) is 14.3 Å². The van der Waals surface area contributed by atoms with E-state index in [2.05, 4.69) is 4.98 Å². The molecule has 6 nitrogen and oxygen atoms in total. The van der Waals surface area contributed by atoms with Gasteiger partial charge in [-0.1, -0.05) is 6.92 Å². The number of rotatable bonds is 2. The molecule has 0 bridgehead atoms. The van der Waals surface area contributed by atoms with Gasteiger partial charge in [0.25, 0.3) is 5.56 Å². The SMILES string of the molecule is CCC1OC(C)(n2cc(C)c(=O)[nH]c2=O)CC1O. The van der Waals surface area contributed by atoms with E-state index in [4.69, 9.17) is 4.74 Å². The number of hydrogen-bond donors (Lipinski definition) is 2. The molecule has 2 heterocycles. The van der Waals surface area contributed by atoms with E-state index in [1.807, 2.05) is 6.92 Å². The first-order chi connectivity index (χ1) is 8.37. The van der Waals surface area contributed by atoms with E-state index in [0.29, 0.717) is 18.4 Å². The van der Waals surface area contributed by atoms with Crippen LogP contribution in [0.25, 0.3) is 0 Å². The van der Waals surface area contributed by atoms with Gasteiger partial charge in [0.1, 0.15) is 5.72 Å². The van der Waals surface area contributed by atoms with Crippen molar-refractivity contribution in [2.24, 2.45) is 0 Å². The molecule has 0 radical (unpaired) electrons. The van der Waals surface area contributed by atoms with Gasteiger partial charge in [0.05, 0.1) is 12.2 Å². The van der Waals surface area contributed by atoms with Gasteiger partial charge < -0.3 is 9.84 Å². The van der Waals surface area contributed by atoms with Crippen LogP contribution in [-0.4, -0.2) is 26.9 Å². The zero-order chi connectivity index (χ0) is 13.5. The molecule has 18 heavy (non-hydrogen) atoms. The number of nitrogens with one attached hydrogen (secondary N) is 1. The fraction of sp³-hybridized carbons (Fsp3) is 0.667. The molecule has 1 aromatic rings. The maximum absolute atomic E-state index is 11.8. The molecule has 0 aromatic carbocycles. The highest BCUT2D eigenvalue weighted by Gasteiger charge is 2.43. The monoisotopic (exact) mass is 254 g/mol. The second-order valence-corrected chi connectivity index (χ2v) is 4.95. The number of hydrogen-bond acceptors (Lipinski definition) is 4. The fourth-order valence-electron chi connectivity index (χ4n) is 2.40. The standard InChI is InChI=1S/C12H18N2O4/c1-4-9-8(15)5-12(3,18-9)14-6-7(2)10(16)13-11(14)17/h6,8-9,15H,4-5H2,1-3H3,(H,13,16,17). The summed E-state index contributed by atoms with van der Waals surface area (Å²) in [6.45, 7) is 5.28. The Morgan fingerprint density at radius 2 is 2.28 bits per heavy atom. The van der Waals surface area contributed by atoms with Gasteiger partial charge in [0.2, 0.25) is 0 Å². The van der Waals surface area contributed by atoms with Crippen molar-refractivity contribution in [1.29, 1.82) is 0 Å². The number of aliphatic hydroxyl groups excluding tert-OH is 1. The highest BCUT2D eigenvalue weighted by Crippen LogP contribution is 2.34. The first-order valence-corrected chi connectivity index (χ1v) is 6.06. The summed E-state index contributed by atoms with van der Waals surface area (Å²) >= 11 is 0. The van der Waals surface area contributed by atoms with Crippen molar-refractivity contribution in [2.75, 3.05) is 0 Å². The summed E-state index contributed by atoms with van der Waals surface area (Å²) in [6.07, 6.45) is 1.60. The third-order valence-electron chi connectivity index (χ3n) is 3.45. The lowest BCUT2D eigenvalue weighted by Crippen LogP contribution is -2.42. The molecule has 0 aliphatic carbocycles. The number of ether oxygens (including phenoxy) is 1. The first kappa shape index (κ1) is 13.0. The topological polar surface area (TPSA) is 84.3 Å². The number of aromatic amines is 1. The van der Waals surface area contributed by atoms with Crippen molar-refractivity contribution in [3.63, 3.8) is 0 Å². The van der Waals surface area contributed by atoms with Crippen LogP contribution in [0, 0.1) is 6.92 Å². The highest BCUT2D eigenvalue weighted by molar-refractivity contribution is 5.03. The Morgan fingerprint density at radius 1 is 1.61 bits per heavy atom. The van der Waals surface area contributed by atoms with Crippen LogP contribution in [0.15, 0.2) is 15.8 Å². The van der Waals surface area contributed by atoms with Crippen molar-refractivity contribution < 1.29 is 9.84 Å². The van der Waals surface area contributed by atoms with Crippen molar-refractivity contribution in [3.8, 4) is 0 Å². The van der Waals surface area contributed by atoms with E-state index in [1.165, 1.54) is 10.8 Å². The van der Waals surface area contributed by atoms with Crippen LogP contribution >= 0.6 is 0 Å². The Balaban J connectivity index is 2.47. The number of aryl methyl sites for hydroxylation is 1. The Hall–Kier alpha value is -1.40. The molecule has 1 aliphatic heterocycles. The highest BCUT2D eigenvalue weighted by atomic mass is 16.5. The van der Waals surface area contributed by atoms with Crippen molar-refractivity contribution in [3.05, 3.63) is 32.6 Å². The molecule has 6 heteroatoms. The maximum atomic E-state index is 11.8. The lowest BCUT2D eigenvalue weighted by atomic mass is 10.1. The predicted octanol–water partition coefficient (Wildman–Crippen LogP) is 0.0775. The van der Waals surface area contributed by atoms with Crippen LogP contribution in [-0.2, 0) is 10.5 Å². The summed E-state index contributed by atoms with van der Waals surface area (Å²) in [5.41, 5.74) is -1.39. The average molecular weight is 254 g/mol. The third kappa shape index (κ3) is 2.02. The van der Waals surface area contributed by atoms with E-state index in [-0.39, 0.29) is 6.10 Å². The molecule has 0 spiro atoms. The summed E-state index contributed by atoms with van der Waals surface area (Å²) in [4.78, 5) is 25.4. The fourth-order valence-corrected chi connectivity index (χ4v) is 2.40. The summed E-state index contributed by atoms with van der Waals surface area (Å²) in [5, 5.41) is 9.89. The predicted molar refractivity (Wildman–Crippen MR) is 65.5 cm³/mol. The van der Waals surface area contributed by atoms with Gasteiger partial charge in [-0.2, -0.15) is 0 Å². The Labute approximate surface area is 104 Å². The van der Waals surface area contributed by atoms with Crippen LogP contribution in [0.4, 0.5) is 0 Å². The van der Waals surface area contributed by atoms with Crippen LogP contribution < -0.4 is 11.2 Å². The number of aromatic nitrogens is 2. The molecule has 3 unspecified atom stereocenters. The van der Waals surface area contributed by atoms with E-state index < -0.39 is 23.1 Å². The quantitative estimate of drug-likeness (QED) is 0.782. The Kier molecular flexibility index (Phi) is 3.16. The molecule has 0 saturated carbocycles. The van der Waals surface area contributed by atoms with Crippen LogP contribution in [0.2, 0.25) is 0 Å². The molecule has 2 rings (SSSR count). The van der Waals surface area contributed by atoms with E-state index in [1.54, 1.807) is 13.8 Å². The van der Waals surface area contributed by atoms with E-state index in [0.717, 1.165) is 0 Å². The van der Waals surface area contributed by atoms with Gasteiger partial charge in [-0.25, -0.2) is 4.79 Å². The van der Waals surface area contributed by atoms with Crippen LogP contribution in [0.1, 0.15) is 32.3 Å². The molecule has 3 atom stereocenters. The van der Waals surface area contributed by atoms with Gasteiger partial charge >= 0.3 is 5.69 Å². The van der Waals surface area contributed by atoms with Crippen molar-refractivity contribution in [2.45, 2.75) is 51.5 Å². The number of aliphatic hydroxyl groups is 1. The van der Waals surface area contributed by atoms with Gasteiger partial charge in [-0.05, 0) is 20.3 Å². The second-order valence-electron chi connectivity index (χ2n) is 4.95. The van der Waals surface area contributed by atoms with Gasteiger partial charge in [0.15, 0.2) is 0 Å². The number of nitrogens with zero attached hydrogens (tertiary/aromatic N) is 1. The molecule has 2 N–H and O–H groups in total. The zero-order valence-corrected chi connectivity index (χ0v) is 10.8. The summed E-state index contributed by atoms with van der Waals surface area (Å²) < 4.78 is 7.11. The summed E-state index contributed by atoms with van der Waals surface area (Å²) in [6, 6.07) is 0. The first-order valence-electron chi connectivity index (χ1n) is 6.06. The minimum absolute atomic E-state index is 0.283. The van der Waals surface area contributed by atoms with E-state index >= 15 is 0 Å². The molecular weight excluding hydrogens is 236 g/mol. The molecule has 100 valence electrons. The third-order valence-corrected chi connectivity index (χ3v) is 3.45. The van der Waals surface area contributed by atoms with Crippen molar-refractivity contribution in [1.82, 2.24) is 9.55 Å². The van der Waals surface area contributed by atoms with Gasteiger partial charge in [-0.15, -0.1) is 0 Å². The molecule has 0 amide bonds. The smallest absolute Gasteiger partial charge is 0.330 e. The van der Waals surface area contributed by atoms with Crippen molar-refractivity contribution >= 4 is 0 Å². The zero-order valence-electron chi connectivity index (χ0n) is 10.8. The van der Waals surface area contributed by atoms with Crippen LogP contribution in [0.3, 0.4) is 0 Å². The summed E-state index contributed by atoms with van der Waals surface area (Å²) in [7, 11) is 0. The lowest BCUT2D eigenvalue weighted by Gasteiger charge is -2.26. The van der Waals surface area contributed by atoms with Gasteiger partial charge in [0, 0.05) is 18.2 Å². The Bertz CT molecular complexity index is 562. The molecule has 1 fully saturated rings. The lowest BCUT2D eigenvalue weighted by molar-refractivity contribution is -0.0940. The largest absolute Gasteiger partial charge is 0.390 e. The Morgan fingerprint density at radius 3 is 2.83 bits per heavy atom. The molecule has 1 saturated heterocycles. The molecular formula is C12H18N2O4. The molecule has 1 aliphatic rings. The average Bonchev–Trinajstić information content (AvgIpc) is 2.59. The molecule has 1 aromatic heterocycles. The maximum Gasteiger partial charge on any atom is 0.330 e. The second kappa shape index (κ2) is 4.37. The van der Waals surface area contributed by atoms with Crippen LogP contribution in [0.5, 0.6) is 0 Å².